The molecule has 0 bridgehead atoms. The molecule has 0 saturated heterocycles. The number of allylic oxidation sites excluding steroid dienone is 1. The van der Waals surface area contributed by atoms with Gasteiger partial charge in [0.05, 0.1) is 43.7 Å². The van der Waals surface area contributed by atoms with E-state index in [0.717, 1.165) is 5.56 Å². The van der Waals surface area contributed by atoms with Gasteiger partial charge < -0.3 is 18.9 Å². The summed E-state index contributed by atoms with van der Waals surface area (Å²) in [6.07, 6.45) is 1.79. The Bertz CT molecular complexity index is 1480. The molecule has 0 fully saturated rings. The highest BCUT2D eigenvalue weighted by Crippen LogP contribution is 2.37. The highest BCUT2D eigenvalue weighted by atomic mass is 32.1. The summed E-state index contributed by atoms with van der Waals surface area (Å²) in [5.41, 5.74) is 1.89. The Labute approximate surface area is 206 Å². The van der Waals surface area contributed by atoms with Gasteiger partial charge in [-0.3, -0.25) is 9.36 Å². The van der Waals surface area contributed by atoms with E-state index < -0.39 is 12.0 Å². The Morgan fingerprint density at radius 2 is 1.83 bits per heavy atom. The number of aromatic nitrogens is 1. The number of fused-ring (bicyclic) bond motifs is 1. The Morgan fingerprint density at radius 3 is 2.51 bits per heavy atom. The molecule has 0 aliphatic carbocycles. The van der Waals surface area contributed by atoms with Crippen LogP contribution in [-0.4, -0.2) is 38.5 Å². The van der Waals surface area contributed by atoms with Crippen LogP contribution in [0.2, 0.25) is 0 Å². The van der Waals surface area contributed by atoms with Gasteiger partial charge in [0.1, 0.15) is 23.3 Å². The summed E-state index contributed by atoms with van der Waals surface area (Å²) in [4.78, 5) is 31.9. The molecular weight excluding hydrogens is 468 g/mol. The van der Waals surface area contributed by atoms with Gasteiger partial charge in [-0.2, -0.15) is 0 Å². The van der Waals surface area contributed by atoms with Gasteiger partial charge >= 0.3 is 5.97 Å². The molecule has 2 aromatic carbocycles. The summed E-state index contributed by atoms with van der Waals surface area (Å²) in [5.74, 6) is 1.23. The maximum absolute atomic E-state index is 13.7. The van der Waals surface area contributed by atoms with E-state index in [0.29, 0.717) is 37.8 Å². The smallest absolute Gasteiger partial charge is 0.338 e. The van der Waals surface area contributed by atoms with Crippen molar-refractivity contribution in [1.29, 1.82) is 0 Å². The van der Waals surface area contributed by atoms with Crippen LogP contribution >= 0.6 is 11.3 Å². The number of ether oxygens (including phenoxy) is 4. The van der Waals surface area contributed by atoms with Crippen molar-refractivity contribution >= 4 is 23.4 Å². The summed E-state index contributed by atoms with van der Waals surface area (Å²) in [7, 11) is 4.69. The first kappa shape index (κ1) is 24.3. The van der Waals surface area contributed by atoms with Gasteiger partial charge in [-0.25, -0.2) is 9.79 Å². The van der Waals surface area contributed by atoms with Crippen LogP contribution in [0.3, 0.4) is 0 Å². The fraction of sp³-hybridized carbons (Fsp3) is 0.269. The van der Waals surface area contributed by atoms with E-state index in [4.69, 9.17) is 18.9 Å². The van der Waals surface area contributed by atoms with Crippen LogP contribution in [0.4, 0.5) is 0 Å². The predicted octanol–water partition coefficient (Wildman–Crippen LogP) is 2.82. The van der Waals surface area contributed by atoms with Crippen LogP contribution in [0.15, 0.2) is 63.5 Å². The number of benzene rings is 2. The Morgan fingerprint density at radius 1 is 1.09 bits per heavy atom. The number of rotatable bonds is 7. The Hall–Kier alpha value is -3.85. The Balaban J connectivity index is 2.00. The molecule has 0 amide bonds. The summed E-state index contributed by atoms with van der Waals surface area (Å²) in [5, 5.41) is 0. The van der Waals surface area contributed by atoms with Crippen molar-refractivity contribution < 1.29 is 23.7 Å². The van der Waals surface area contributed by atoms with Gasteiger partial charge in [0.2, 0.25) is 0 Å². The van der Waals surface area contributed by atoms with Crippen molar-refractivity contribution in [3.05, 3.63) is 84.5 Å². The minimum atomic E-state index is -0.803. The van der Waals surface area contributed by atoms with Crippen LogP contribution in [0, 0.1) is 0 Å². The summed E-state index contributed by atoms with van der Waals surface area (Å²) in [6.45, 7) is 3.67. The molecule has 35 heavy (non-hydrogen) atoms. The van der Waals surface area contributed by atoms with Crippen LogP contribution in [0.1, 0.15) is 31.0 Å². The number of hydrogen-bond acceptors (Lipinski definition) is 8. The third-order valence-electron chi connectivity index (χ3n) is 5.64. The first-order valence-electron chi connectivity index (χ1n) is 11.0. The molecule has 0 saturated carbocycles. The molecule has 9 heteroatoms. The zero-order valence-corrected chi connectivity index (χ0v) is 21.0. The van der Waals surface area contributed by atoms with Crippen LogP contribution in [0.25, 0.3) is 6.08 Å². The minimum absolute atomic E-state index is 0.192. The van der Waals surface area contributed by atoms with Gasteiger partial charge in [-0.05, 0) is 55.8 Å². The predicted molar refractivity (Wildman–Crippen MR) is 133 cm³/mol. The van der Waals surface area contributed by atoms with E-state index in [1.165, 1.54) is 15.9 Å². The number of nitrogens with zero attached hydrogens (tertiary/aromatic N) is 2. The molecule has 2 heterocycles. The second kappa shape index (κ2) is 10.2. The van der Waals surface area contributed by atoms with Crippen molar-refractivity contribution in [2.45, 2.75) is 19.9 Å². The summed E-state index contributed by atoms with van der Waals surface area (Å²) < 4.78 is 23.7. The van der Waals surface area contributed by atoms with Crippen molar-refractivity contribution in [3.8, 4) is 17.2 Å². The lowest BCUT2D eigenvalue weighted by molar-refractivity contribution is -0.139. The average molecular weight is 495 g/mol. The zero-order valence-electron chi connectivity index (χ0n) is 20.2. The quantitative estimate of drug-likeness (QED) is 0.470. The minimum Gasteiger partial charge on any atom is -0.497 e. The maximum atomic E-state index is 13.7. The fourth-order valence-electron chi connectivity index (χ4n) is 4.02. The van der Waals surface area contributed by atoms with E-state index in [1.54, 1.807) is 59.5 Å². The van der Waals surface area contributed by atoms with E-state index in [-0.39, 0.29) is 17.7 Å². The number of hydrogen-bond donors (Lipinski definition) is 0. The summed E-state index contributed by atoms with van der Waals surface area (Å²) >= 11 is 1.25. The van der Waals surface area contributed by atoms with Gasteiger partial charge in [0.25, 0.3) is 5.56 Å². The lowest BCUT2D eigenvalue weighted by Gasteiger charge is -2.26. The number of methoxy groups -OCH3 is 3. The van der Waals surface area contributed by atoms with E-state index in [2.05, 4.69) is 4.99 Å². The molecule has 1 aliphatic heterocycles. The third kappa shape index (κ3) is 4.59. The third-order valence-corrected chi connectivity index (χ3v) is 6.62. The largest absolute Gasteiger partial charge is 0.497 e. The fourth-order valence-corrected chi connectivity index (χ4v) is 5.07. The van der Waals surface area contributed by atoms with Crippen LogP contribution < -0.4 is 29.1 Å². The van der Waals surface area contributed by atoms with Crippen molar-refractivity contribution in [2.24, 2.45) is 4.99 Å². The topological polar surface area (TPSA) is 88.4 Å². The van der Waals surface area contributed by atoms with E-state index in [1.807, 2.05) is 24.3 Å². The molecule has 0 radical (unpaired) electrons. The van der Waals surface area contributed by atoms with Gasteiger partial charge in [0, 0.05) is 5.56 Å². The van der Waals surface area contributed by atoms with E-state index in [9.17, 15) is 9.59 Å². The SMILES string of the molecule is CCOC(=O)C1=C(C)N=c2s/c(=C\c3cccc(OC)c3)c(=O)n2[C@@H]1c1cc(OC)ccc1OC. The first-order valence-corrected chi connectivity index (χ1v) is 11.8. The van der Waals surface area contributed by atoms with Gasteiger partial charge in [0.15, 0.2) is 4.80 Å². The molecule has 0 unspecified atom stereocenters. The molecule has 8 nitrogen and oxygen atoms in total. The molecule has 1 aliphatic rings. The standard InChI is InChI=1S/C26H26N2O6S/c1-6-34-25(30)22-15(2)27-26-28(23(22)19-14-18(32-4)10-11-20(19)33-5)24(29)21(35-26)13-16-8-7-9-17(12-16)31-3/h7-14,23H,6H2,1-5H3/b21-13-/t23-/m1/s1. The molecule has 1 aromatic heterocycles. The van der Waals surface area contributed by atoms with Crippen LogP contribution in [-0.2, 0) is 9.53 Å². The molecule has 182 valence electrons. The molecule has 4 rings (SSSR count). The molecule has 3 aromatic rings. The van der Waals surface area contributed by atoms with Crippen molar-refractivity contribution in [3.63, 3.8) is 0 Å². The number of thiazole rings is 1. The zero-order chi connectivity index (χ0) is 25.1. The lowest BCUT2D eigenvalue weighted by Crippen LogP contribution is -2.40. The second-order valence-electron chi connectivity index (χ2n) is 7.69. The number of esters is 1. The molecule has 1 atom stereocenters. The second-order valence-corrected chi connectivity index (χ2v) is 8.70. The average Bonchev–Trinajstić information content (AvgIpc) is 3.17. The molecular formula is C26H26N2O6S. The highest BCUT2D eigenvalue weighted by molar-refractivity contribution is 7.07. The summed E-state index contributed by atoms with van der Waals surface area (Å²) in [6, 6.07) is 11.9. The van der Waals surface area contributed by atoms with Gasteiger partial charge in [-0.15, -0.1) is 0 Å². The molecule has 0 spiro atoms. The van der Waals surface area contributed by atoms with Crippen molar-refractivity contribution in [1.82, 2.24) is 4.57 Å². The van der Waals surface area contributed by atoms with E-state index >= 15 is 0 Å². The van der Waals surface area contributed by atoms with Crippen molar-refractivity contribution in [2.75, 3.05) is 27.9 Å². The number of carbonyl (C=O) groups is 1. The molecule has 0 N–H and O–H groups in total. The monoisotopic (exact) mass is 494 g/mol. The maximum Gasteiger partial charge on any atom is 0.338 e. The lowest BCUT2D eigenvalue weighted by atomic mass is 9.94. The Kier molecular flexibility index (Phi) is 7.07. The number of carbonyl (C=O) groups excluding carboxylic acids is 1. The van der Waals surface area contributed by atoms with Crippen LogP contribution in [0.5, 0.6) is 17.2 Å². The first-order chi connectivity index (χ1) is 16.9. The normalized spacial score (nSPS) is 15.3. The van der Waals surface area contributed by atoms with Gasteiger partial charge in [-0.1, -0.05) is 23.5 Å². The highest BCUT2D eigenvalue weighted by Gasteiger charge is 2.35.